The lowest BCUT2D eigenvalue weighted by molar-refractivity contribution is 0.280. The molecule has 0 spiro atoms. The Morgan fingerprint density at radius 1 is 1.12 bits per heavy atom. The van der Waals surface area contributed by atoms with Gasteiger partial charge in [0, 0.05) is 15.7 Å². The SMILES string of the molecule is O=c1[nH]c(-c2ccc(Br)cc2)ccc1CO. The lowest BCUT2D eigenvalue weighted by Crippen LogP contribution is -2.12. The van der Waals surface area contributed by atoms with Gasteiger partial charge in [0.1, 0.15) is 0 Å². The van der Waals surface area contributed by atoms with Crippen molar-refractivity contribution in [3.63, 3.8) is 0 Å². The van der Waals surface area contributed by atoms with Crippen LogP contribution in [0.1, 0.15) is 5.56 Å². The molecule has 4 heteroatoms. The highest BCUT2D eigenvalue weighted by atomic mass is 79.9. The molecule has 1 aromatic heterocycles. The predicted molar refractivity (Wildman–Crippen MR) is 66.1 cm³/mol. The van der Waals surface area contributed by atoms with Crippen LogP contribution in [0, 0.1) is 0 Å². The molecular weight excluding hydrogens is 270 g/mol. The van der Waals surface area contributed by atoms with E-state index in [0.717, 1.165) is 15.7 Å². The van der Waals surface area contributed by atoms with Gasteiger partial charge < -0.3 is 10.1 Å². The van der Waals surface area contributed by atoms with Gasteiger partial charge in [0.2, 0.25) is 0 Å². The normalized spacial score (nSPS) is 10.4. The van der Waals surface area contributed by atoms with Crippen LogP contribution < -0.4 is 5.56 Å². The van der Waals surface area contributed by atoms with E-state index in [2.05, 4.69) is 20.9 Å². The topological polar surface area (TPSA) is 53.1 Å². The molecule has 2 N–H and O–H groups in total. The molecule has 0 aliphatic carbocycles. The Kier molecular flexibility index (Phi) is 3.22. The number of hydrogen-bond acceptors (Lipinski definition) is 2. The van der Waals surface area contributed by atoms with Crippen molar-refractivity contribution in [1.82, 2.24) is 4.98 Å². The molecule has 2 aromatic rings. The molecule has 0 radical (unpaired) electrons. The molecule has 3 nitrogen and oxygen atoms in total. The Hall–Kier alpha value is -1.39. The van der Waals surface area contributed by atoms with Crippen molar-refractivity contribution in [3.8, 4) is 11.3 Å². The second kappa shape index (κ2) is 4.63. The first kappa shape index (κ1) is 11.1. The average molecular weight is 280 g/mol. The number of aromatic amines is 1. The monoisotopic (exact) mass is 279 g/mol. The first-order valence-electron chi connectivity index (χ1n) is 4.79. The summed E-state index contributed by atoms with van der Waals surface area (Å²) in [7, 11) is 0. The summed E-state index contributed by atoms with van der Waals surface area (Å²) in [5, 5.41) is 8.89. The van der Waals surface area contributed by atoms with E-state index in [9.17, 15) is 4.79 Å². The van der Waals surface area contributed by atoms with Crippen LogP contribution in [0.5, 0.6) is 0 Å². The number of halogens is 1. The largest absolute Gasteiger partial charge is 0.391 e. The lowest BCUT2D eigenvalue weighted by Gasteiger charge is -2.02. The number of pyridine rings is 1. The first-order chi connectivity index (χ1) is 7.70. The summed E-state index contributed by atoms with van der Waals surface area (Å²) in [5.41, 5.74) is 1.81. The Morgan fingerprint density at radius 2 is 1.81 bits per heavy atom. The van der Waals surface area contributed by atoms with Crippen molar-refractivity contribution >= 4 is 15.9 Å². The van der Waals surface area contributed by atoms with Crippen molar-refractivity contribution < 1.29 is 5.11 Å². The number of benzene rings is 1. The minimum atomic E-state index is -0.247. The molecule has 0 saturated carbocycles. The van der Waals surface area contributed by atoms with E-state index < -0.39 is 0 Å². The van der Waals surface area contributed by atoms with Gasteiger partial charge in [0.15, 0.2) is 0 Å². The van der Waals surface area contributed by atoms with Gasteiger partial charge in [0.25, 0.3) is 5.56 Å². The average Bonchev–Trinajstić information content (AvgIpc) is 2.30. The third-order valence-electron chi connectivity index (χ3n) is 2.32. The Labute approximate surface area is 101 Å². The minimum Gasteiger partial charge on any atom is -0.391 e. The van der Waals surface area contributed by atoms with Crippen LogP contribution in [0.2, 0.25) is 0 Å². The molecule has 2 rings (SSSR count). The zero-order valence-corrected chi connectivity index (χ0v) is 9.99. The van der Waals surface area contributed by atoms with Gasteiger partial charge in [-0.1, -0.05) is 28.1 Å². The zero-order chi connectivity index (χ0) is 11.5. The van der Waals surface area contributed by atoms with Crippen LogP contribution in [-0.2, 0) is 6.61 Å². The second-order valence-corrected chi connectivity index (χ2v) is 4.31. The molecule has 0 atom stereocenters. The maximum Gasteiger partial charge on any atom is 0.253 e. The van der Waals surface area contributed by atoms with E-state index in [0.29, 0.717) is 5.56 Å². The number of rotatable bonds is 2. The van der Waals surface area contributed by atoms with Gasteiger partial charge >= 0.3 is 0 Å². The fraction of sp³-hybridized carbons (Fsp3) is 0.0833. The summed E-state index contributed by atoms with van der Waals surface area (Å²) in [6, 6.07) is 11.1. The van der Waals surface area contributed by atoms with E-state index in [-0.39, 0.29) is 12.2 Å². The quantitative estimate of drug-likeness (QED) is 0.886. The molecule has 1 aromatic carbocycles. The smallest absolute Gasteiger partial charge is 0.253 e. The van der Waals surface area contributed by atoms with Crippen LogP contribution in [-0.4, -0.2) is 10.1 Å². The highest BCUT2D eigenvalue weighted by molar-refractivity contribution is 9.10. The van der Waals surface area contributed by atoms with Gasteiger partial charge in [-0.15, -0.1) is 0 Å². The van der Waals surface area contributed by atoms with Crippen molar-refractivity contribution in [1.29, 1.82) is 0 Å². The Balaban J connectivity index is 2.45. The van der Waals surface area contributed by atoms with E-state index in [1.807, 2.05) is 24.3 Å². The summed E-state index contributed by atoms with van der Waals surface area (Å²) >= 11 is 3.35. The standard InChI is InChI=1S/C12H10BrNO2/c13-10-4-1-8(2-5-10)11-6-3-9(7-15)12(16)14-11/h1-6,15H,7H2,(H,14,16). The second-order valence-electron chi connectivity index (χ2n) is 3.39. The van der Waals surface area contributed by atoms with Gasteiger partial charge in [0.05, 0.1) is 6.61 Å². The zero-order valence-electron chi connectivity index (χ0n) is 8.40. The molecule has 16 heavy (non-hydrogen) atoms. The number of hydrogen-bond donors (Lipinski definition) is 2. The summed E-state index contributed by atoms with van der Waals surface area (Å²) < 4.78 is 0.991. The minimum absolute atomic E-state index is 0.240. The van der Waals surface area contributed by atoms with Crippen molar-refractivity contribution in [3.05, 3.63) is 56.8 Å². The van der Waals surface area contributed by atoms with Crippen LogP contribution in [0.15, 0.2) is 45.7 Å². The van der Waals surface area contributed by atoms with Gasteiger partial charge in [-0.25, -0.2) is 0 Å². The van der Waals surface area contributed by atoms with E-state index in [1.165, 1.54) is 0 Å². The molecule has 0 fully saturated rings. The molecular formula is C12H10BrNO2. The molecule has 0 unspecified atom stereocenters. The van der Waals surface area contributed by atoms with Crippen LogP contribution in [0.4, 0.5) is 0 Å². The van der Waals surface area contributed by atoms with Gasteiger partial charge in [-0.05, 0) is 29.8 Å². The van der Waals surface area contributed by atoms with Crippen LogP contribution in [0.3, 0.4) is 0 Å². The third kappa shape index (κ3) is 2.23. The predicted octanol–water partition coefficient (Wildman–Crippen LogP) is 2.30. The Bertz CT molecular complexity index is 546. The third-order valence-corrected chi connectivity index (χ3v) is 2.85. The van der Waals surface area contributed by atoms with Crippen LogP contribution in [0.25, 0.3) is 11.3 Å². The number of aromatic nitrogens is 1. The maximum absolute atomic E-state index is 11.5. The van der Waals surface area contributed by atoms with Crippen molar-refractivity contribution in [2.75, 3.05) is 0 Å². The van der Waals surface area contributed by atoms with Crippen molar-refractivity contribution in [2.45, 2.75) is 6.61 Å². The van der Waals surface area contributed by atoms with E-state index in [4.69, 9.17) is 5.11 Å². The van der Waals surface area contributed by atoms with Crippen LogP contribution >= 0.6 is 15.9 Å². The molecule has 0 saturated heterocycles. The first-order valence-corrected chi connectivity index (χ1v) is 5.59. The number of aliphatic hydroxyl groups is 1. The van der Waals surface area contributed by atoms with Gasteiger partial charge in [-0.2, -0.15) is 0 Å². The van der Waals surface area contributed by atoms with Crippen molar-refractivity contribution in [2.24, 2.45) is 0 Å². The molecule has 82 valence electrons. The lowest BCUT2D eigenvalue weighted by atomic mass is 10.1. The Morgan fingerprint density at radius 3 is 2.38 bits per heavy atom. The van der Waals surface area contributed by atoms with E-state index in [1.54, 1.807) is 12.1 Å². The fourth-order valence-corrected chi connectivity index (χ4v) is 1.69. The number of nitrogens with one attached hydrogen (secondary N) is 1. The highest BCUT2D eigenvalue weighted by Crippen LogP contribution is 2.18. The summed E-state index contributed by atoms with van der Waals surface area (Å²) in [4.78, 5) is 14.2. The number of aliphatic hydroxyl groups excluding tert-OH is 1. The van der Waals surface area contributed by atoms with Gasteiger partial charge in [-0.3, -0.25) is 4.79 Å². The molecule has 0 aliphatic heterocycles. The highest BCUT2D eigenvalue weighted by Gasteiger charge is 2.01. The molecule has 1 heterocycles. The summed E-state index contributed by atoms with van der Waals surface area (Å²) in [5.74, 6) is 0. The van der Waals surface area contributed by atoms with E-state index >= 15 is 0 Å². The number of H-pyrrole nitrogens is 1. The molecule has 0 bridgehead atoms. The fourth-order valence-electron chi connectivity index (χ4n) is 1.43. The molecule has 0 aliphatic rings. The maximum atomic E-state index is 11.5. The summed E-state index contributed by atoms with van der Waals surface area (Å²) in [6.45, 7) is -0.240. The summed E-state index contributed by atoms with van der Waals surface area (Å²) in [6.07, 6.45) is 0. The molecule has 0 amide bonds.